The van der Waals surface area contributed by atoms with E-state index in [1.807, 2.05) is 6.07 Å². The van der Waals surface area contributed by atoms with Gasteiger partial charge in [-0.05, 0) is 18.2 Å². The number of halogens is 2. The lowest BCUT2D eigenvalue weighted by Crippen LogP contribution is -2.25. The maximum atomic E-state index is 12.8. The van der Waals surface area contributed by atoms with Gasteiger partial charge in [-0.15, -0.1) is 0 Å². The molecule has 0 saturated carbocycles. The van der Waals surface area contributed by atoms with Crippen LogP contribution in [0.2, 0.25) is 10.0 Å². The van der Waals surface area contributed by atoms with Gasteiger partial charge in [-0.1, -0.05) is 60.5 Å². The summed E-state index contributed by atoms with van der Waals surface area (Å²) in [6.45, 7) is 2.15. The smallest absolute Gasteiger partial charge is 0.229 e. The van der Waals surface area contributed by atoms with Gasteiger partial charge in [-0.25, -0.2) is 0 Å². The zero-order valence-electron chi connectivity index (χ0n) is 14.5. The van der Waals surface area contributed by atoms with Crippen LogP contribution in [0.1, 0.15) is 22.8 Å². The maximum absolute atomic E-state index is 12.8. The third-order valence-electron chi connectivity index (χ3n) is 4.03. The van der Waals surface area contributed by atoms with E-state index in [4.69, 9.17) is 23.2 Å². The fourth-order valence-electron chi connectivity index (χ4n) is 2.62. The van der Waals surface area contributed by atoms with Gasteiger partial charge in [0.15, 0.2) is 5.78 Å². The Hall–Kier alpha value is -2.63. The molecule has 3 aromatic rings. The van der Waals surface area contributed by atoms with E-state index in [-0.39, 0.29) is 17.6 Å². The lowest BCUT2D eigenvalue weighted by Gasteiger charge is -2.15. The molecule has 1 heterocycles. The summed E-state index contributed by atoms with van der Waals surface area (Å²) in [6, 6.07) is 13.7. The van der Waals surface area contributed by atoms with Gasteiger partial charge in [0.25, 0.3) is 0 Å². The van der Waals surface area contributed by atoms with Gasteiger partial charge >= 0.3 is 0 Å². The highest BCUT2D eigenvalue weighted by molar-refractivity contribution is 6.31. The van der Waals surface area contributed by atoms with Crippen molar-refractivity contribution in [3.05, 3.63) is 82.1 Å². The zero-order valence-corrected chi connectivity index (χ0v) is 16.0. The van der Waals surface area contributed by atoms with Crippen molar-refractivity contribution < 1.29 is 9.59 Å². The molecule has 27 heavy (non-hydrogen) atoms. The van der Waals surface area contributed by atoms with Gasteiger partial charge in [-0.2, -0.15) is 5.10 Å². The van der Waals surface area contributed by atoms with Gasteiger partial charge in [0, 0.05) is 22.3 Å². The Kier molecular flexibility index (Phi) is 5.94. The largest absolute Gasteiger partial charge is 0.325 e. The molecule has 138 valence electrons. The molecule has 5 nitrogen and oxygen atoms in total. The normalized spacial score (nSPS) is 11.8. The standard InChI is InChI=1S/C20H17Cl2N3O2/c1-13(11-25-12-16(22)10-23-25)20(27)24-18-8-7-15(21)9-17(18)19(26)14-5-3-2-4-6-14/h2-10,12-13H,11H2,1H3,(H,24,27). The summed E-state index contributed by atoms with van der Waals surface area (Å²) in [4.78, 5) is 25.4. The lowest BCUT2D eigenvalue weighted by atomic mass is 10.0. The topological polar surface area (TPSA) is 64.0 Å². The minimum absolute atomic E-state index is 0.208. The number of benzene rings is 2. The fourth-order valence-corrected chi connectivity index (χ4v) is 2.94. The first-order valence-electron chi connectivity index (χ1n) is 8.32. The summed E-state index contributed by atoms with van der Waals surface area (Å²) in [5.74, 6) is -0.817. The number of nitrogens with one attached hydrogen (secondary N) is 1. The average Bonchev–Trinajstić information content (AvgIpc) is 3.07. The Bertz CT molecular complexity index is 970. The van der Waals surface area contributed by atoms with Crippen LogP contribution in [0.15, 0.2) is 60.9 Å². The molecule has 1 amide bonds. The van der Waals surface area contributed by atoms with Gasteiger partial charge < -0.3 is 5.32 Å². The number of rotatable bonds is 6. The molecule has 0 fully saturated rings. The molecule has 3 rings (SSSR count). The predicted molar refractivity (Wildman–Crippen MR) is 106 cm³/mol. The molecule has 2 aromatic carbocycles. The van der Waals surface area contributed by atoms with Crippen molar-refractivity contribution in [3.8, 4) is 0 Å². The van der Waals surface area contributed by atoms with Crippen LogP contribution in [0.25, 0.3) is 0 Å². The van der Waals surface area contributed by atoms with Crippen molar-refractivity contribution in [1.82, 2.24) is 9.78 Å². The number of carbonyl (C=O) groups excluding carboxylic acids is 2. The second kappa shape index (κ2) is 8.37. The SMILES string of the molecule is CC(Cn1cc(Cl)cn1)C(=O)Nc1ccc(Cl)cc1C(=O)c1ccccc1. The third kappa shape index (κ3) is 4.76. The van der Waals surface area contributed by atoms with E-state index in [1.165, 1.54) is 6.20 Å². The van der Waals surface area contributed by atoms with Gasteiger partial charge in [0.1, 0.15) is 0 Å². The molecular weight excluding hydrogens is 385 g/mol. The van der Waals surface area contributed by atoms with Crippen molar-refractivity contribution in [3.63, 3.8) is 0 Å². The first kappa shape index (κ1) is 19.1. The Morgan fingerprint density at radius 2 is 1.85 bits per heavy atom. The molecule has 0 spiro atoms. The highest BCUT2D eigenvalue weighted by Crippen LogP contribution is 2.24. The molecule has 0 aliphatic rings. The Balaban J connectivity index is 1.80. The first-order chi connectivity index (χ1) is 12.9. The van der Waals surface area contributed by atoms with Crippen molar-refractivity contribution >= 4 is 40.6 Å². The van der Waals surface area contributed by atoms with Crippen molar-refractivity contribution in [2.24, 2.45) is 5.92 Å². The number of hydrogen-bond donors (Lipinski definition) is 1. The van der Waals surface area contributed by atoms with E-state index >= 15 is 0 Å². The van der Waals surface area contributed by atoms with Crippen molar-refractivity contribution in [2.45, 2.75) is 13.5 Å². The molecular formula is C20H17Cl2N3O2. The summed E-state index contributed by atoms with van der Waals surface area (Å²) in [6.07, 6.45) is 3.17. The van der Waals surface area contributed by atoms with Crippen LogP contribution in [0, 0.1) is 5.92 Å². The summed E-state index contributed by atoms with van der Waals surface area (Å²) in [7, 11) is 0. The maximum Gasteiger partial charge on any atom is 0.229 e. The molecule has 1 unspecified atom stereocenters. The lowest BCUT2D eigenvalue weighted by molar-refractivity contribution is -0.119. The van der Waals surface area contributed by atoms with Gasteiger partial charge in [0.05, 0.1) is 29.4 Å². The van der Waals surface area contributed by atoms with E-state index in [0.29, 0.717) is 33.4 Å². The Morgan fingerprint density at radius 1 is 1.11 bits per heavy atom. The van der Waals surface area contributed by atoms with Crippen molar-refractivity contribution in [2.75, 3.05) is 5.32 Å². The van der Waals surface area contributed by atoms with Crippen molar-refractivity contribution in [1.29, 1.82) is 0 Å². The zero-order chi connectivity index (χ0) is 19.4. The van der Waals surface area contributed by atoms with Crippen LogP contribution >= 0.6 is 23.2 Å². The summed E-state index contributed by atoms with van der Waals surface area (Å²) < 4.78 is 1.60. The number of nitrogens with zero attached hydrogens (tertiary/aromatic N) is 2. The number of hydrogen-bond acceptors (Lipinski definition) is 3. The molecule has 7 heteroatoms. The molecule has 0 aliphatic carbocycles. The quantitative estimate of drug-likeness (QED) is 0.608. The van der Waals surface area contributed by atoms with E-state index in [2.05, 4.69) is 10.4 Å². The van der Waals surface area contributed by atoms with Crippen LogP contribution in [-0.4, -0.2) is 21.5 Å². The minimum atomic E-state index is -0.378. The molecule has 1 aromatic heterocycles. The Labute approximate surface area is 166 Å². The Morgan fingerprint density at radius 3 is 2.52 bits per heavy atom. The van der Waals surface area contributed by atoms with Crippen LogP contribution in [0.3, 0.4) is 0 Å². The van der Waals surface area contributed by atoms with E-state index in [1.54, 1.807) is 60.3 Å². The predicted octanol–water partition coefficient (Wildman–Crippen LogP) is 4.70. The van der Waals surface area contributed by atoms with E-state index < -0.39 is 0 Å². The molecule has 0 aliphatic heterocycles. The van der Waals surface area contributed by atoms with Crippen LogP contribution in [-0.2, 0) is 11.3 Å². The minimum Gasteiger partial charge on any atom is -0.325 e. The summed E-state index contributed by atoms with van der Waals surface area (Å²) in [5, 5.41) is 7.83. The van der Waals surface area contributed by atoms with Crippen LogP contribution < -0.4 is 5.32 Å². The number of ketones is 1. The molecule has 0 saturated heterocycles. The molecule has 1 atom stereocenters. The molecule has 0 radical (unpaired) electrons. The van der Waals surface area contributed by atoms with Crippen LogP contribution in [0.4, 0.5) is 5.69 Å². The second-order valence-electron chi connectivity index (χ2n) is 6.16. The summed E-state index contributed by atoms with van der Waals surface area (Å²) >= 11 is 11.9. The average molecular weight is 402 g/mol. The number of anilines is 1. The number of carbonyl (C=O) groups is 2. The number of aromatic nitrogens is 2. The van der Waals surface area contributed by atoms with Crippen LogP contribution in [0.5, 0.6) is 0 Å². The molecule has 1 N–H and O–H groups in total. The highest BCUT2D eigenvalue weighted by atomic mass is 35.5. The van der Waals surface area contributed by atoms with E-state index in [9.17, 15) is 9.59 Å². The number of amides is 1. The second-order valence-corrected chi connectivity index (χ2v) is 7.03. The molecule has 0 bridgehead atoms. The summed E-state index contributed by atoms with van der Waals surface area (Å²) in [5.41, 5.74) is 1.29. The fraction of sp³-hybridized carbons (Fsp3) is 0.150. The monoisotopic (exact) mass is 401 g/mol. The highest BCUT2D eigenvalue weighted by Gasteiger charge is 2.19. The van der Waals surface area contributed by atoms with Gasteiger partial charge in [-0.3, -0.25) is 14.3 Å². The third-order valence-corrected chi connectivity index (χ3v) is 4.46. The van der Waals surface area contributed by atoms with E-state index in [0.717, 1.165) is 0 Å². The first-order valence-corrected chi connectivity index (χ1v) is 9.08. The van der Waals surface area contributed by atoms with Gasteiger partial charge in [0.2, 0.25) is 5.91 Å².